The first kappa shape index (κ1) is 35.4. The van der Waals surface area contributed by atoms with Gasteiger partial charge in [0.15, 0.2) is 5.78 Å². The van der Waals surface area contributed by atoms with Crippen molar-refractivity contribution in [2.45, 2.75) is 24.2 Å². The van der Waals surface area contributed by atoms with E-state index in [1.165, 1.54) is 29.0 Å². The van der Waals surface area contributed by atoms with Crippen LogP contribution in [0.3, 0.4) is 0 Å². The van der Waals surface area contributed by atoms with Gasteiger partial charge in [0.05, 0.1) is 41.7 Å². The number of halogens is 1. The standard InChI is InChI=1S/C46H35ClN2O7/c1-56-38-24-32(50)19-20-34(38)40-33-21-22-35-39(44(54)48(42(35)52)30-17-15-27(16-18-30)41(51)26-9-4-2-5-10-26)36(33)25-37-43(53)49(31-14-8-13-29(47)23-31)45(55)46(37,40)28-11-6-3-7-12-28/h2-21,23-24,35-37,39-40,50H,22,25H2,1H3/t35-,36+,37-,39-,40+,46+/m0/s1. The van der Waals surface area contributed by atoms with Gasteiger partial charge in [0.1, 0.15) is 11.5 Å². The average molecular weight is 763 g/mol. The molecule has 0 spiro atoms. The number of hydrogen-bond donors (Lipinski definition) is 1. The van der Waals surface area contributed by atoms with Crippen LogP contribution < -0.4 is 14.5 Å². The van der Waals surface area contributed by atoms with Crippen molar-refractivity contribution in [2.75, 3.05) is 16.9 Å². The molecule has 5 aromatic carbocycles. The lowest BCUT2D eigenvalue weighted by atomic mass is 9.49. The molecule has 5 aromatic rings. The Morgan fingerprint density at radius 1 is 0.732 bits per heavy atom. The topological polar surface area (TPSA) is 121 Å². The highest BCUT2D eigenvalue weighted by Gasteiger charge is 2.70. The third kappa shape index (κ3) is 5.18. The van der Waals surface area contributed by atoms with E-state index < -0.39 is 52.7 Å². The molecule has 56 heavy (non-hydrogen) atoms. The SMILES string of the molecule is COc1cc(O)ccc1[C@H]1C2=CC[C@@H]3C(=O)N(c4ccc(C(=O)c5ccccc5)cc4)C(=O)[C@@H]3[C@@H]2C[C@H]2C(=O)N(c3cccc(Cl)c3)C(=O)[C@@]12c1ccccc1. The average Bonchev–Trinajstić information content (AvgIpc) is 3.62. The van der Waals surface area contributed by atoms with Gasteiger partial charge in [0.25, 0.3) is 0 Å². The summed E-state index contributed by atoms with van der Waals surface area (Å²) in [4.78, 5) is 75.0. The van der Waals surface area contributed by atoms with Gasteiger partial charge in [-0.1, -0.05) is 96.0 Å². The van der Waals surface area contributed by atoms with Crippen molar-refractivity contribution in [1.82, 2.24) is 0 Å². The van der Waals surface area contributed by atoms with Crippen molar-refractivity contribution >= 4 is 52.4 Å². The van der Waals surface area contributed by atoms with Gasteiger partial charge in [0, 0.05) is 33.7 Å². The van der Waals surface area contributed by atoms with E-state index in [0.29, 0.717) is 44.4 Å². The number of anilines is 2. The van der Waals surface area contributed by atoms with Gasteiger partial charge >= 0.3 is 0 Å². The summed E-state index contributed by atoms with van der Waals surface area (Å²) in [6.45, 7) is 0. The van der Waals surface area contributed by atoms with Crippen LogP contribution in [-0.2, 0) is 24.6 Å². The van der Waals surface area contributed by atoms with Gasteiger partial charge < -0.3 is 9.84 Å². The number of benzene rings is 5. The summed E-state index contributed by atoms with van der Waals surface area (Å²) in [5.74, 6) is -5.45. The minimum atomic E-state index is -1.49. The number of hydrogen-bond acceptors (Lipinski definition) is 7. The maximum atomic E-state index is 15.4. The van der Waals surface area contributed by atoms with E-state index >= 15 is 4.79 Å². The quantitative estimate of drug-likeness (QED) is 0.103. The first-order chi connectivity index (χ1) is 27.1. The Hall–Kier alpha value is -6.32. The molecule has 9 nitrogen and oxygen atoms in total. The normalized spacial score (nSPS) is 25.4. The first-order valence-electron chi connectivity index (χ1n) is 18.5. The van der Waals surface area contributed by atoms with E-state index in [-0.39, 0.29) is 30.3 Å². The van der Waals surface area contributed by atoms with Gasteiger partial charge in [-0.2, -0.15) is 0 Å². The molecule has 1 N–H and O–H groups in total. The Balaban J connectivity index is 1.18. The molecule has 4 aliphatic rings. The number of methoxy groups -OCH3 is 1. The van der Waals surface area contributed by atoms with E-state index in [1.807, 2.05) is 42.5 Å². The Labute approximate surface area is 327 Å². The molecule has 2 saturated heterocycles. The molecule has 6 atom stereocenters. The fraction of sp³-hybridized carbons (Fsp3) is 0.196. The molecular formula is C46H35ClN2O7. The zero-order chi connectivity index (χ0) is 38.9. The summed E-state index contributed by atoms with van der Waals surface area (Å²) in [5, 5.41) is 10.9. The predicted molar refractivity (Wildman–Crippen MR) is 210 cm³/mol. The molecule has 2 heterocycles. The Bertz CT molecular complexity index is 2480. The number of amides is 4. The second-order valence-corrected chi connectivity index (χ2v) is 15.2. The van der Waals surface area contributed by atoms with E-state index in [4.69, 9.17) is 16.3 Å². The van der Waals surface area contributed by atoms with Crippen LogP contribution in [0.1, 0.15) is 45.8 Å². The fourth-order valence-corrected chi connectivity index (χ4v) is 9.98. The molecule has 0 radical (unpaired) electrons. The fourth-order valence-electron chi connectivity index (χ4n) is 9.80. The highest BCUT2D eigenvalue weighted by Crippen LogP contribution is 2.65. The van der Waals surface area contributed by atoms with Crippen LogP contribution in [0, 0.1) is 23.7 Å². The third-order valence-corrected chi connectivity index (χ3v) is 12.4. The van der Waals surface area contributed by atoms with Crippen molar-refractivity contribution in [3.63, 3.8) is 0 Å². The van der Waals surface area contributed by atoms with Crippen LogP contribution in [0.25, 0.3) is 0 Å². The number of fused-ring (bicyclic) bond motifs is 4. The van der Waals surface area contributed by atoms with Crippen molar-refractivity contribution in [3.8, 4) is 11.5 Å². The van der Waals surface area contributed by atoms with Crippen LogP contribution in [0.2, 0.25) is 5.02 Å². The second-order valence-electron chi connectivity index (χ2n) is 14.8. The molecule has 2 aliphatic carbocycles. The lowest BCUT2D eigenvalue weighted by Gasteiger charge is -2.51. The summed E-state index contributed by atoms with van der Waals surface area (Å²) in [6, 6.07) is 35.9. The van der Waals surface area contributed by atoms with Crippen LogP contribution in [0.15, 0.2) is 139 Å². The van der Waals surface area contributed by atoms with Crippen LogP contribution in [0.4, 0.5) is 11.4 Å². The summed E-state index contributed by atoms with van der Waals surface area (Å²) >= 11 is 6.42. The number of ketones is 1. The lowest BCUT2D eigenvalue weighted by Crippen LogP contribution is -2.53. The van der Waals surface area contributed by atoms with Gasteiger partial charge in [-0.15, -0.1) is 0 Å². The zero-order valence-corrected chi connectivity index (χ0v) is 30.9. The molecule has 9 rings (SSSR count). The zero-order valence-electron chi connectivity index (χ0n) is 30.2. The molecule has 278 valence electrons. The largest absolute Gasteiger partial charge is 0.508 e. The number of phenolic OH excluding ortho intramolecular Hbond substituents is 1. The van der Waals surface area contributed by atoms with Gasteiger partial charge in [0.2, 0.25) is 23.6 Å². The van der Waals surface area contributed by atoms with Crippen LogP contribution in [0.5, 0.6) is 11.5 Å². The van der Waals surface area contributed by atoms with Gasteiger partial charge in [-0.3, -0.25) is 28.9 Å². The molecule has 10 heteroatoms. The van der Waals surface area contributed by atoms with Gasteiger partial charge in [-0.05, 0) is 72.9 Å². The number of phenols is 1. The summed E-state index contributed by atoms with van der Waals surface area (Å²) in [5.41, 5.74) is 2.08. The molecule has 0 bridgehead atoms. The van der Waals surface area contributed by atoms with Crippen molar-refractivity contribution in [2.24, 2.45) is 23.7 Å². The summed E-state index contributed by atoms with van der Waals surface area (Å²) in [6.07, 6.45) is 2.33. The minimum absolute atomic E-state index is 0.0426. The van der Waals surface area contributed by atoms with E-state index in [1.54, 1.807) is 78.9 Å². The minimum Gasteiger partial charge on any atom is -0.508 e. The maximum Gasteiger partial charge on any atom is 0.246 e. The second kappa shape index (κ2) is 13.5. The molecule has 2 aliphatic heterocycles. The number of aromatic hydroxyl groups is 1. The highest BCUT2D eigenvalue weighted by molar-refractivity contribution is 6.32. The number of carbonyl (C=O) groups is 5. The highest BCUT2D eigenvalue weighted by atomic mass is 35.5. The van der Waals surface area contributed by atoms with E-state index in [9.17, 15) is 24.3 Å². The van der Waals surface area contributed by atoms with Crippen LogP contribution in [-0.4, -0.2) is 41.6 Å². The number of nitrogens with zero attached hydrogens (tertiary/aromatic N) is 2. The lowest BCUT2D eigenvalue weighted by molar-refractivity contribution is -0.127. The summed E-state index contributed by atoms with van der Waals surface area (Å²) in [7, 11) is 1.48. The maximum absolute atomic E-state index is 15.4. The molecular weight excluding hydrogens is 728 g/mol. The third-order valence-electron chi connectivity index (χ3n) is 12.1. The predicted octanol–water partition coefficient (Wildman–Crippen LogP) is 7.65. The smallest absolute Gasteiger partial charge is 0.246 e. The number of rotatable bonds is 7. The molecule has 0 aromatic heterocycles. The van der Waals surface area contributed by atoms with E-state index in [2.05, 4.69) is 0 Å². The van der Waals surface area contributed by atoms with Crippen molar-refractivity contribution in [1.29, 1.82) is 0 Å². The Morgan fingerprint density at radius 2 is 1.43 bits per heavy atom. The number of allylic oxidation sites excluding steroid dienone is 2. The molecule has 4 amide bonds. The van der Waals surface area contributed by atoms with Gasteiger partial charge in [-0.25, -0.2) is 4.90 Å². The van der Waals surface area contributed by atoms with Crippen LogP contribution >= 0.6 is 11.6 Å². The number of imide groups is 2. The summed E-state index contributed by atoms with van der Waals surface area (Å²) < 4.78 is 5.86. The molecule has 0 unspecified atom stereocenters. The Morgan fingerprint density at radius 3 is 2.12 bits per heavy atom. The number of ether oxygens (including phenoxy) is 1. The molecule has 1 saturated carbocycles. The first-order valence-corrected chi connectivity index (χ1v) is 18.9. The van der Waals surface area contributed by atoms with Crippen molar-refractivity contribution < 1.29 is 33.8 Å². The van der Waals surface area contributed by atoms with Crippen molar-refractivity contribution in [3.05, 3.63) is 166 Å². The number of carbonyl (C=O) groups excluding carboxylic acids is 5. The Kier molecular flexibility index (Phi) is 8.50. The molecule has 3 fully saturated rings. The van der Waals surface area contributed by atoms with E-state index in [0.717, 1.165) is 5.57 Å². The monoisotopic (exact) mass is 762 g/mol.